The lowest BCUT2D eigenvalue weighted by molar-refractivity contribution is 0.0733. The van der Waals surface area contributed by atoms with E-state index in [2.05, 4.69) is 0 Å². The van der Waals surface area contributed by atoms with Crippen LogP contribution in [0.25, 0.3) is 22.3 Å². The van der Waals surface area contributed by atoms with E-state index in [9.17, 15) is 14.7 Å². The molecule has 0 aliphatic rings. The highest BCUT2D eigenvalue weighted by molar-refractivity contribution is 5.94. The number of ether oxygens (including phenoxy) is 1. The summed E-state index contributed by atoms with van der Waals surface area (Å²) in [6.45, 7) is 3.90. The van der Waals surface area contributed by atoms with Crippen LogP contribution in [0.4, 0.5) is 0 Å². The third kappa shape index (κ3) is 4.32. The minimum absolute atomic E-state index is 0.0568. The van der Waals surface area contributed by atoms with Crippen molar-refractivity contribution < 1.29 is 19.1 Å². The Balaban J connectivity index is 1.93. The van der Waals surface area contributed by atoms with Crippen molar-refractivity contribution in [2.24, 2.45) is 0 Å². The molecule has 0 spiro atoms. The van der Waals surface area contributed by atoms with Gasteiger partial charge in [0.1, 0.15) is 28.2 Å². The van der Waals surface area contributed by atoms with Crippen LogP contribution in [0.15, 0.2) is 93.7 Å². The number of rotatable bonds is 5. The normalized spacial score (nSPS) is 10.7. The minimum atomic E-state index is -0.565. The van der Waals surface area contributed by atoms with Gasteiger partial charge in [-0.05, 0) is 32.4 Å². The maximum atomic E-state index is 12.9. The number of aromatic hydroxyl groups is 1. The van der Waals surface area contributed by atoms with Crippen molar-refractivity contribution in [1.82, 2.24) is 0 Å². The number of hydrogen-bond donors (Lipinski definition) is 1. The molecule has 0 saturated carbocycles. The van der Waals surface area contributed by atoms with Gasteiger partial charge in [-0.25, -0.2) is 4.79 Å². The first-order valence-corrected chi connectivity index (χ1v) is 10.2. The number of carbonyl (C=O) groups excluding carboxylic acids is 1. The topological polar surface area (TPSA) is 76.7 Å². The molecule has 0 saturated heterocycles. The van der Waals surface area contributed by atoms with E-state index in [1.54, 1.807) is 30.3 Å². The van der Waals surface area contributed by atoms with E-state index in [1.807, 2.05) is 50.3 Å². The van der Waals surface area contributed by atoms with Gasteiger partial charge in [0.05, 0.1) is 5.56 Å². The average Bonchev–Trinajstić information content (AvgIpc) is 2.79. The van der Waals surface area contributed by atoms with Gasteiger partial charge in [-0.2, -0.15) is 0 Å². The Morgan fingerprint density at radius 3 is 2.31 bits per heavy atom. The van der Waals surface area contributed by atoms with Crippen LogP contribution in [-0.4, -0.2) is 11.1 Å². The van der Waals surface area contributed by atoms with Crippen LogP contribution in [-0.2, 0) is 6.42 Å². The van der Waals surface area contributed by atoms with E-state index in [-0.39, 0.29) is 27.9 Å². The zero-order valence-electron chi connectivity index (χ0n) is 17.8. The van der Waals surface area contributed by atoms with Crippen molar-refractivity contribution >= 4 is 16.9 Å². The summed E-state index contributed by atoms with van der Waals surface area (Å²) >= 11 is 0. The number of benzene rings is 3. The predicted octanol–water partition coefficient (Wildman–Crippen LogP) is 5.89. The van der Waals surface area contributed by atoms with Gasteiger partial charge in [0.25, 0.3) is 0 Å². The molecule has 3 aromatic carbocycles. The molecule has 0 atom stereocenters. The summed E-state index contributed by atoms with van der Waals surface area (Å²) in [5, 5.41) is 10.7. The van der Waals surface area contributed by atoms with Crippen molar-refractivity contribution in [2.75, 3.05) is 0 Å². The molecule has 32 heavy (non-hydrogen) atoms. The van der Waals surface area contributed by atoms with Gasteiger partial charge in [-0.15, -0.1) is 0 Å². The Kier molecular flexibility index (Phi) is 5.90. The number of carbonyl (C=O) groups is 1. The fraction of sp³-hybridized carbons (Fsp3) is 0.111. The lowest BCUT2D eigenvalue weighted by atomic mass is 10.0. The molecule has 1 N–H and O–H groups in total. The Morgan fingerprint density at radius 1 is 1.00 bits per heavy atom. The van der Waals surface area contributed by atoms with E-state index in [0.29, 0.717) is 23.3 Å². The molecule has 4 aromatic rings. The molecule has 4 rings (SSSR count). The molecule has 0 aliphatic carbocycles. The molecular weight excluding hydrogens is 404 g/mol. The van der Waals surface area contributed by atoms with Crippen molar-refractivity contribution in [3.63, 3.8) is 0 Å². The maximum absolute atomic E-state index is 12.9. The predicted molar refractivity (Wildman–Crippen MR) is 124 cm³/mol. The zero-order chi connectivity index (χ0) is 22.7. The molecule has 0 bridgehead atoms. The monoisotopic (exact) mass is 426 g/mol. The molecule has 160 valence electrons. The van der Waals surface area contributed by atoms with Gasteiger partial charge >= 0.3 is 5.97 Å². The van der Waals surface area contributed by atoms with Crippen molar-refractivity contribution in [3.8, 4) is 22.8 Å². The summed E-state index contributed by atoms with van der Waals surface area (Å²) in [7, 11) is 0. The summed E-state index contributed by atoms with van der Waals surface area (Å²) in [6, 6.07) is 20.5. The van der Waals surface area contributed by atoms with Crippen LogP contribution in [0.5, 0.6) is 11.5 Å². The zero-order valence-corrected chi connectivity index (χ0v) is 17.8. The van der Waals surface area contributed by atoms with E-state index < -0.39 is 5.97 Å². The Labute approximate surface area is 185 Å². The Morgan fingerprint density at radius 2 is 1.66 bits per heavy atom. The summed E-state index contributed by atoms with van der Waals surface area (Å²) in [4.78, 5) is 25.6. The first kappa shape index (κ1) is 21.1. The van der Waals surface area contributed by atoms with Crippen LogP contribution < -0.4 is 10.2 Å². The second-order valence-corrected chi connectivity index (χ2v) is 7.66. The van der Waals surface area contributed by atoms with Crippen molar-refractivity contribution in [3.05, 3.63) is 106 Å². The molecule has 0 aliphatic heterocycles. The van der Waals surface area contributed by atoms with E-state index >= 15 is 0 Å². The van der Waals surface area contributed by atoms with Crippen LogP contribution in [0.1, 0.15) is 29.8 Å². The van der Waals surface area contributed by atoms with E-state index in [4.69, 9.17) is 9.15 Å². The standard InChI is InChI=1S/C27H22O5/c1-17(2)13-14-20-24(32-27(30)19-11-7-4-8-12-19)16-22(29)25-21(28)15-23(31-26(20)25)18-9-5-3-6-10-18/h3-13,15-16,29H,14H2,1-2H3. The lowest BCUT2D eigenvalue weighted by Crippen LogP contribution is -2.11. The van der Waals surface area contributed by atoms with Gasteiger partial charge in [0, 0.05) is 23.3 Å². The van der Waals surface area contributed by atoms with Crippen LogP contribution >= 0.6 is 0 Å². The number of allylic oxidation sites excluding steroid dienone is 2. The Bertz CT molecular complexity index is 1360. The SMILES string of the molecule is CC(C)=CCc1c(OC(=O)c2ccccc2)cc(O)c2c(=O)cc(-c3ccccc3)oc12. The molecule has 1 aromatic heterocycles. The smallest absolute Gasteiger partial charge is 0.343 e. The number of phenols is 1. The molecule has 1 heterocycles. The molecule has 0 radical (unpaired) electrons. The lowest BCUT2D eigenvalue weighted by Gasteiger charge is -2.14. The summed E-state index contributed by atoms with van der Waals surface area (Å²) in [5.41, 5.74) is 2.49. The molecule has 0 unspecified atom stereocenters. The summed E-state index contributed by atoms with van der Waals surface area (Å²) < 4.78 is 11.8. The molecule has 5 heteroatoms. The third-order valence-electron chi connectivity index (χ3n) is 5.03. The fourth-order valence-corrected chi connectivity index (χ4v) is 3.41. The van der Waals surface area contributed by atoms with Gasteiger partial charge in [-0.1, -0.05) is 60.2 Å². The highest BCUT2D eigenvalue weighted by Gasteiger charge is 2.21. The average molecular weight is 426 g/mol. The van der Waals surface area contributed by atoms with Gasteiger partial charge in [0.2, 0.25) is 0 Å². The van der Waals surface area contributed by atoms with Crippen LogP contribution in [0.2, 0.25) is 0 Å². The second-order valence-electron chi connectivity index (χ2n) is 7.66. The first-order chi connectivity index (χ1) is 15.4. The van der Waals surface area contributed by atoms with Crippen molar-refractivity contribution in [2.45, 2.75) is 20.3 Å². The van der Waals surface area contributed by atoms with Crippen LogP contribution in [0, 0.1) is 0 Å². The minimum Gasteiger partial charge on any atom is -0.507 e. The number of esters is 1. The van der Waals surface area contributed by atoms with Gasteiger partial charge < -0.3 is 14.3 Å². The number of hydrogen-bond acceptors (Lipinski definition) is 5. The fourth-order valence-electron chi connectivity index (χ4n) is 3.41. The van der Waals surface area contributed by atoms with E-state index in [0.717, 1.165) is 11.1 Å². The van der Waals surface area contributed by atoms with Gasteiger partial charge in [-0.3, -0.25) is 4.79 Å². The summed E-state index contributed by atoms with van der Waals surface area (Å²) in [6.07, 6.45) is 2.30. The third-order valence-corrected chi connectivity index (χ3v) is 5.03. The first-order valence-electron chi connectivity index (χ1n) is 10.2. The second kappa shape index (κ2) is 8.94. The largest absolute Gasteiger partial charge is 0.507 e. The number of fused-ring (bicyclic) bond motifs is 1. The van der Waals surface area contributed by atoms with Crippen LogP contribution in [0.3, 0.4) is 0 Å². The molecule has 0 amide bonds. The number of phenolic OH excluding ortho intramolecular Hbond substituents is 1. The molecule has 0 fully saturated rings. The van der Waals surface area contributed by atoms with Crippen molar-refractivity contribution in [1.29, 1.82) is 0 Å². The quantitative estimate of drug-likeness (QED) is 0.244. The van der Waals surface area contributed by atoms with E-state index in [1.165, 1.54) is 12.1 Å². The van der Waals surface area contributed by atoms with Gasteiger partial charge in [0.15, 0.2) is 5.43 Å². The summed E-state index contributed by atoms with van der Waals surface area (Å²) in [5.74, 6) is -0.350. The molecule has 5 nitrogen and oxygen atoms in total. The maximum Gasteiger partial charge on any atom is 0.343 e. The highest BCUT2D eigenvalue weighted by atomic mass is 16.5. The Hall–Kier alpha value is -4.12. The molecular formula is C27H22O5. The highest BCUT2D eigenvalue weighted by Crippen LogP contribution is 2.36.